The fourth-order valence-corrected chi connectivity index (χ4v) is 4.95. The number of hydrogen-bond acceptors (Lipinski definition) is 8. The zero-order valence-corrected chi connectivity index (χ0v) is 21.6. The van der Waals surface area contributed by atoms with E-state index in [-0.39, 0.29) is 22.8 Å². The molecule has 0 radical (unpaired) electrons. The van der Waals surface area contributed by atoms with Gasteiger partial charge < -0.3 is 30.5 Å². The molecule has 1 aliphatic rings. The Morgan fingerprint density at radius 3 is 2.58 bits per heavy atom. The van der Waals surface area contributed by atoms with Gasteiger partial charge in [-0.2, -0.15) is 0 Å². The second-order valence-electron chi connectivity index (χ2n) is 9.58. The Hall–Kier alpha value is -3.59. The molecule has 0 aliphatic carbocycles. The van der Waals surface area contributed by atoms with Crippen LogP contribution in [0, 0.1) is 11.3 Å². The summed E-state index contributed by atoms with van der Waals surface area (Å²) in [5.74, 6) is 1.14. The predicted molar refractivity (Wildman–Crippen MR) is 141 cm³/mol. The van der Waals surface area contributed by atoms with E-state index in [4.69, 9.17) is 4.74 Å². The number of fused-ring (bicyclic) bond motifs is 1. The fraction of sp³-hybridized carbons (Fsp3) is 0.444. The van der Waals surface area contributed by atoms with Crippen molar-refractivity contribution in [3.63, 3.8) is 0 Å². The van der Waals surface area contributed by atoms with Gasteiger partial charge in [-0.1, -0.05) is 27.2 Å². The summed E-state index contributed by atoms with van der Waals surface area (Å²) in [6.45, 7) is 10.2. The molecule has 9 nitrogen and oxygen atoms in total. The van der Waals surface area contributed by atoms with E-state index in [9.17, 15) is 15.0 Å². The molecule has 4 N–H and O–H groups in total. The van der Waals surface area contributed by atoms with E-state index >= 15 is 0 Å². The summed E-state index contributed by atoms with van der Waals surface area (Å²) in [6.07, 6.45) is 2.99. The van der Waals surface area contributed by atoms with Crippen LogP contribution in [0.2, 0.25) is 0 Å². The van der Waals surface area contributed by atoms with Crippen LogP contribution in [0.5, 0.6) is 17.2 Å². The normalized spacial score (nSPS) is 15.2. The van der Waals surface area contributed by atoms with Gasteiger partial charge in [-0.25, -0.2) is 9.97 Å². The number of nitrogens with one attached hydrogen (secondary N) is 2. The van der Waals surface area contributed by atoms with Crippen LogP contribution in [-0.2, 0) is 11.2 Å². The van der Waals surface area contributed by atoms with E-state index in [1.807, 2.05) is 19.1 Å². The number of ether oxygens (including phenoxy) is 1. The molecule has 3 aromatic rings. The van der Waals surface area contributed by atoms with Crippen LogP contribution in [-0.4, -0.2) is 52.8 Å². The molecule has 0 saturated carbocycles. The number of aromatic hydroxyl groups is 2. The summed E-state index contributed by atoms with van der Waals surface area (Å²) in [4.78, 5) is 23.6. The van der Waals surface area contributed by atoms with Gasteiger partial charge in [0.2, 0.25) is 5.91 Å². The summed E-state index contributed by atoms with van der Waals surface area (Å²) in [5.41, 5.74) is 2.52. The number of amides is 1. The number of nitrogens with zero attached hydrogens (tertiary/aromatic N) is 3. The Balaban J connectivity index is 1.81. The van der Waals surface area contributed by atoms with Crippen molar-refractivity contribution in [2.75, 3.05) is 37.0 Å². The average molecular weight is 494 g/mol. The van der Waals surface area contributed by atoms with E-state index in [0.717, 1.165) is 19.5 Å². The average Bonchev–Trinajstić information content (AvgIpc) is 2.85. The first-order valence-corrected chi connectivity index (χ1v) is 12.4. The standard InChI is InChI=1S/C27H35N5O4/c1-6-16(3)27(12-28-13-27)14-32(17(4)33)22-10-19-21(11-24(22)36-5)29-15-30-26(19)31-20-8-9-23(34)25(35)18(20)7-2/h8-11,15-16,28,34-35H,6-7,12-14H2,1-5H3,(H,29,30,31). The Kier molecular flexibility index (Phi) is 7.21. The maximum Gasteiger partial charge on any atom is 0.223 e. The van der Waals surface area contributed by atoms with Crippen molar-refractivity contribution in [3.8, 4) is 17.2 Å². The molecule has 1 aliphatic heterocycles. The van der Waals surface area contributed by atoms with Crippen molar-refractivity contribution in [2.24, 2.45) is 11.3 Å². The molecule has 1 saturated heterocycles. The van der Waals surface area contributed by atoms with Crippen LogP contribution in [0.3, 0.4) is 0 Å². The van der Waals surface area contributed by atoms with Gasteiger partial charge in [-0.15, -0.1) is 0 Å². The molecule has 2 aromatic carbocycles. The van der Waals surface area contributed by atoms with Gasteiger partial charge in [-0.3, -0.25) is 4.79 Å². The molecule has 4 rings (SSSR count). The van der Waals surface area contributed by atoms with Gasteiger partial charge in [0.15, 0.2) is 11.5 Å². The minimum atomic E-state index is -0.171. The number of carbonyl (C=O) groups is 1. The van der Waals surface area contributed by atoms with Crippen molar-refractivity contribution in [1.82, 2.24) is 15.3 Å². The SMILES string of the molecule is CCc1c(Nc2ncnc3cc(OC)c(N(CC4(C(C)CC)CNC4)C(C)=O)cc23)ccc(O)c1O. The highest BCUT2D eigenvalue weighted by atomic mass is 16.5. The summed E-state index contributed by atoms with van der Waals surface area (Å²) in [7, 11) is 1.59. The van der Waals surface area contributed by atoms with Crippen LogP contribution in [0.4, 0.5) is 17.2 Å². The van der Waals surface area contributed by atoms with Gasteiger partial charge in [0, 0.05) is 54.7 Å². The minimum Gasteiger partial charge on any atom is -0.504 e. The Morgan fingerprint density at radius 1 is 1.25 bits per heavy atom. The zero-order chi connectivity index (χ0) is 26.0. The van der Waals surface area contributed by atoms with Crippen LogP contribution in [0.25, 0.3) is 10.9 Å². The molecule has 192 valence electrons. The van der Waals surface area contributed by atoms with Crippen LogP contribution in [0.15, 0.2) is 30.6 Å². The van der Waals surface area contributed by atoms with Crippen molar-refractivity contribution >= 4 is 34.0 Å². The van der Waals surface area contributed by atoms with Crippen molar-refractivity contribution in [2.45, 2.75) is 40.5 Å². The number of phenolic OH excluding ortho intramolecular Hbond substituents is 2. The fourth-order valence-electron chi connectivity index (χ4n) is 4.95. The molecule has 0 spiro atoms. The lowest BCUT2D eigenvalue weighted by Gasteiger charge is -2.49. The topological polar surface area (TPSA) is 120 Å². The molecule has 0 bridgehead atoms. The lowest BCUT2D eigenvalue weighted by molar-refractivity contribution is -0.117. The lowest BCUT2D eigenvalue weighted by atomic mass is 9.70. The third kappa shape index (κ3) is 4.51. The zero-order valence-electron chi connectivity index (χ0n) is 21.6. The molecular weight excluding hydrogens is 458 g/mol. The quantitative estimate of drug-likeness (QED) is 0.257. The molecule has 1 unspecified atom stereocenters. The largest absolute Gasteiger partial charge is 0.504 e. The first-order valence-electron chi connectivity index (χ1n) is 12.4. The third-order valence-corrected chi connectivity index (χ3v) is 7.56. The summed E-state index contributed by atoms with van der Waals surface area (Å²) >= 11 is 0. The molecule has 1 atom stereocenters. The van der Waals surface area contributed by atoms with Gasteiger partial charge in [0.1, 0.15) is 17.9 Å². The van der Waals surface area contributed by atoms with E-state index < -0.39 is 0 Å². The van der Waals surface area contributed by atoms with E-state index in [0.29, 0.717) is 58.3 Å². The summed E-state index contributed by atoms with van der Waals surface area (Å²) in [6, 6.07) is 6.85. The highest BCUT2D eigenvalue weighted by Gasteiger charge is 2.43. The molecule has 36 heavy (non-hydrogen) atoms. The Labute approximate surface area is 211 Å². The smallest absolute Gasteiger partial charge is 0.223 e. The molecule has 1 amide bonds. The van der Waals surface area contributed by atoms with Crippen molar-refractivity contribution in [1.29, 1.82) is 0 Å². The number of methoxy groups -OCH3 is 1. The Bertz CT molecular complexity index is 1270. The molecule has 1 fully saturated rings. The predicted octanol–water partition coefficient (Wildman–Crippen LogP) is 4.34. The number of hydrogen-bond donors (Lipinski definition) is 4. The van der Waals surface area contributed by atoms with E-state index in [1.165, 1.54) is 12.4 Å². The van der Waals surface area contributed by atoms with E-state index in [1.54, 1.807) is 25.0 Å². The molecular formula is C27H35N5O4. The van der Waals surface area contributed by atoms with Crippen LogP contribution in [0.1, 0.15) is 39.7 Å². The maximum atomic E-state index is 13.0. The molecule has 1 aromatic heterocycles. The highest BCUT2D eigenvalue weighted by molar-refractivity contribution is 6.00. The Morgan fingerprint density at radius 2 is 2.00 bits per heavy atom. The third-order valence-electron chi connectivity index (χ3n) is 7.56. The van der Waals surface area contributed by atoms with Crippen molar-refractivity contribution in [3.05, 3.63) is 36.2 Å². The van der Waals surface area contributed by atoms with Crippen LogP contribution < -0.4 is 20.3 Å². The molecule has 2 heterocycles. The van der Waals surface area contributed by atoms with Gasteiger partial charge in [-0.05, 0) is 30.5 Å². The van der Waals surface area contributed by atoms with Gasteiger partial charge >= 0.3 is 0 Å². The van der Waals surface area contributed by atoms with Gasteiger partial charge in [0.05, 0.1) is 18.3 Å². The summed E-state index contributed by atoms with van der Waals surface area (Å²) in [5, 5.41) is 27.6. The van der Waals surface area contributed by atoms with Crippen molar-refractivity contribution < 1.29 is 19.7 Å². The number of aromatic nitrogens is 2. The lowest BCUT2D eigenvalue weighted by Crippen LogP contribution is -2.62. The number of carbonyl (C=O) groups excluding carboxylic acids is 1. The van der Waals surface area contributed by atoms with E-state index in [2.05, 4.69) is 34.4 Å². The number of benzene rings is 2. The first kappa shape index (κ1) is 25.5. The van der Waals surface area contributed by atoms with Crippen LogP contribution >= 0.6 is 0 Å². The monoisotopic (exact) mass is 493 g/mol. The maximum absolute atomic E-state index is 13.0. The second kappa shape index (κ2) is 10.2. The summed E-state index contributed by atoms with van der Waals surface area (Å²) < 4.78 is 5.71. The number of phenols is 2. The number of anilines is 3. The minimum absolute atomic E-state index is 0.00570. The molecule has 9 heteroatoms. The van der Waals surface area contributed by atoms with Gasteiger partial charge in [0.25, 0.3) is 0 Å². The highest BCUT2D eigenvalue weighted by Crippen LogP contribution is 2.41. The number of rotatable bonds is 9. The second-order valence-corrected chi connectivity index (χ2v) is 9.58. The first-order chi connectivity index (χ1) is 17.2.